The Bertz CT molecular complexity index is 1080. The van der Waals surface area contributed by atoms with Crippen molar-refractivity contribution in [1.29, 1.82) is 0 Å². The molecule has 29 heavy (non-hydrogen) atoms. The number of carbonyl (C=O) groups excluding carboxylic acids is 1. The van der Waals surface area contributed by atoms with Gasteiger partial charge in [-0.3, -0.25) is 14.9 Å². The monoisotopic (exact) mass is 392 g/mol. The highest BCUT2D eigenvalue weighted by molar-refractivity contribution is 6.05. The fraction of sp³-hybridized carbons (Fsp3) is 0.333. The van der Waals surface area contributed by atoms with Gasteiger partial charge in [0.05, 0.1) is 10.5 Å². The maximum atomic E-state index is 13.0. The van der Waals surface area contributed by atoms with Gasteiger partial charge in [0.2, 0.25) is 5.89 Å². The van der Waals surface area contributed by atoms with Crippen LogP contribution >= 0.6 is 0 Å². The quantitative estimate of drug-likeness (QED) is 0.540. The summed E-state index contributed by atoms with van der Waals surface area (Å²) in [4.78, 5) is 30.3. The molecule has 8 nitrogen and oxygen atoms in total. The average molecular weight is 392 g/mol. The zero-order valence-electron chi connectivity index (χ0n) is 15.7. The molecular weight excluding hydrogens is 372 g/mol. The van der Waals surface area contributed by atoms with Gasteiger partial charge in [-0.05, 0) is 56.1 Å². The highest BCUT2D eigenvalue weighted by Gasteiger charge is 2.35. The molecule has 2 aromatic carbocycles. The molecule has 0 aliphatic carbocycles. The Labute approximate surface area is 166 Å². The van der Waals surface area contributed by atoms with Crippen LogP contribution in [0.5, 0.6) is 0 Å². The molecule has 8 heteroatoms. The van der Waals surface area contributed by atoms with Crippen LogP contribution in [-0.2, 0) is 0 Å². The van der Waals surface area contributed by atoms with E-state index in [1.165, 1.54) is 12.1 Å². The second-order valence-corrected chi connectivity index (χ2v) is 7.69. The topological polar surface area (TPSA) is 102 Å². The number of nitrogens with one attached hydrogen (secondary N) is 1. The highest BCUT2D eigenvalue weighted by Crippen LogP contribution is 2.30. The van der Waals surface area contributed by atoms with Gasteiger partial charge in [-0.25, -0.2) is 4.98 Å². The lowest BCUT2D eigenvalue weighted by atomic mass is 9.84. The summed E-state index contributed by atoms with van der Waals surface area (Å²) in [6, 6.07) is 11.5. The van der Waals surface area contributed by atoms with E-state index in [4.69, 9.17) is 4.42 Å². The summed E-state index contributed by atoms with van der Waals surface area (Å²) in [5.41, 5.74) is 2.12. The third-order valence-corrected chi connectivity index (χ3v) is 5.96. The van der Waals surface area contributed by atoms with E-state index in [9.17, 15) is 14.9 Å². The van der Waals surface area contributed by atoms with Crippen LogP contribution in [0.25, 0.3) is 22.6 Å². The number of nitro groups is 1. The van der Waals surface area contributed by atoms with Crippen LogP contribution in [0.2, 0.25) is 0 Å². The SMILES string of the molecule is O=C(NC1CN2CCC1CC2)c1cccc2oc(-c3ccc([N+](=O)[O-])cc3)nc12. The lowest BCUT2D eigenvalue weighted by Gasteiger charge is -2.44. The number of aromatic nitrogens is 1. The third kappa shape index (κ3) is 3.25. The predicted octanol–water partition coefficient (Wildman–Crippen LogP) is 3.23. The van der Waals surface area contributed by atoms with E-state index in [0.717, 1.165) is 32.5 Å². The second kappa shape index (κ2) is 6.97. The minimum absolute atomic E-state index is 0.00227. The van der Waals surface area contributed by atoms with Crippen molar-refractivity contribution in [2.45, 2.75) is 18.9 Å². The molecule has 1 aromatic heterocycles. The first-order chi connectivity index (χ1) is 14.1. The summed E-state index contributed by atoms with van der Waals surface area (Å²) in [5, 5.41) is 14.0. The molecule has 1 N–H and O–H groups in total. The number of amides is 1. The van der Waals surface area contributed by atoms with Gasteiger partial charge in [0.25, 0.3) is 11.6 Å². The van der Waals surface area contributed by atoms with Crippen molar-refractivity contribution in [3.05, 3.63) is 58.1 Å². The number of rotatable bonds is 4. The largest absolute Gasteiger partial charge is 0.436 e. The van der Waals surface area contributed by atoms with E-state index < -0.39 is 4.92 Å². The number of hydrogen-bond acceptors (Lipinski definition) is 6. The van der Waals surface area contributed by atoms with Crippen LogP contribution < -0.4 is 5.32 Å². The average Bonchev–Trinajstić information content (AvgIpc) is 3.19. The number of non-ortho nitro benzene ring substituents is 1. The molecule has 2 bridgehead atoms. The Kier molecular flexibility index (Phi) is 4.28. The molecular formula is C21H20N4O4. The van der Waals surface area contributed by atoms with E-state index in [1.807, 2.05) is 0 Å². The first-order valence-corrected chi connectivity index (χ1v) is 9.76. The predicted molar refractivity (Wildman–Crippen MR) is 107 cm³/mol. The lowest BCUT2D eigenvalue weighted by Crippen LogP contribution is -2.57. The van der Waals surface area contributed by atoms with Crippen LogP contribution in [-0.4, -0.2) is 46.4 Å². The van der Waals surface area contributed by atoms with Gasteiger partial charge in [-0.1, -0.05) is 6.07 Å². The molecule has 1 amide bonds. The first-order valence-electron chi connectivity index (χ1n) is 9.76. The fourth-order valence-corrected chi connectivity index (χ4v) is 4.36. The van der Waals surface area contributed by atoms with Crippen molar-refractivity contribution in [2.24, 2.45) is 5.92 Å². The minimum atomic E-state index is -0.452. The molecule has 3 aliphatic heterocycles. The summed E-state index contributed by atoms with van der Waals surface area (Å²) in [6.45, 7) is 3.14. The smallest absolute Gasteiger partial charge is 0.269 e. The fourth-order valence-electron chi connectivity index (χ4n) is 4.36. The van der Waals surface area contributed by atoms with Gasteiger partial charge in [-0.15, -0.1) is 0 Å². The van der Waals surface area contributed by atoms with Gasteiger partial charge in [-0.2, -0.15) is 0 Å². The number of benzene rings is 2. The standard InChI is InChI=1S/C21H20N4O4/c26-20(22-17-12-24-10-8-13(17)9-11-24)16-2-1-3-18-19(16)23-21(29-18)14-4-6-15(7-5-14)25(27)28/h1-7,13,17H,8-12H2,(H,22,26). The number of fused-ring (bicyclic) bond motifs is 4. The zero-order valence-corrected chi connectivity index (χ0v) is 15.7. The van der Waals surface area contributed by atoms with Crippen LogP contribution in [0.15, 0.2) is 46.9 Å². The number of nitrogens with zero attached hydrogens (tertiary/aromatic N) is 3. The molecule has 0 saturated carbocycles. The van der Waals surface area contributed by atoms with E-state index in [-0.39, 0.29) is 17.6 Å². The Morgan fingerprint density at radius 3 is 2.59 bits per heavy atom. The summed E-state index contributed by atoms with van der Waals surface area (Å²) >= 11 is 0. The van der Waals surface area contributed by atoms with Crippen molar-refractivity contribution >= 4 is 22.7 Å². The summed E-state index contributed by atoms with van der Waals surface area (Å²) < 4.78 is 5.82. The van der Waals surface area contributed by atoms with Gasteiger partial charge < -0.3 is 14.6 Å². The van der Waals surface area contributed by atoms with E-state index >= 15 is 0 Å². The molecule has 148 valence electrons. The molecule has 3 saturated heterocycles. The van der Waals surface area contributed by atoms with E-state index in [2.05, 4.69) is 15.2 Å². The van der Waals surface area contributed by atoms with E-state index in [1.54, 1.807) is 30.3 Å². The summed E-state index contributed by atoms with van der Waals surface area (Å²) in [5.74, 6) is 0.729. The maximum Gasteiger partial charge on any atom is 0.269 e. The van der Waals surface area contributed by atoms with Crippen molar-refractivity contribution < 1.29 is 14.1 Å². The molecule has 4 heterocycles. The molecule has 6 rings (SSSR count). The van der Waals surface area contributed by atoms with Crippen molar-refractivity contribution in [1.82, 2.24) is 15.2 Å². The van der Waals surface area contributed by atoms with Crippen molar-refractivity contribution in [3.63, 3.8) is 0 Å². The normalized spacial score (nSPS) is 23.2. The Morgan fingerprint density at radius 2 is 1.93 bits per heavy atom. The van der Waals surface area contributed by atoms with Crippen molar-refractivity contribution in [2.75, 3.05) is 19.6 Å². The van der Waals surface area contributed by atoms with Crippen LogP contribution in [0.3, 0.4) is 0 Å². The number of hydrogen-bond donors (Lipinski definition) is 1. The van der Waals surface area contributed by atoms with Crippen molar-refractivity contribution in [3.8, 4) is 11.5 Å². The van der Waals surface area contributed by atoms with Crippen LogP contribution in [0.4, 0.5) is 5.69 Å². The van der Waals surface area contributed by atoms with Gasteiger partial charge >= 0.3 is 0 Å². The molecule has 1 unspecified atom stereocenters. The zero-order chi connectivity index (χ0) is 20.0. The second-order valence-electron chi connectivity index (χ2n) is 7.69. The van der Waals surface area contributed by atoms with E-state index in [0.29, 0.717) is 34.0 Å². The molecule has 3 fully saturated rings. The lowest BCUT2D eigenvalue weighted by molar-refractivity contribution is -0.384. The Morgan fingerprint density at radius 1 is 1.17 bits per heavy atom. The molecule has 3 aromatic rings. The Hall–Kier alpha value is -3.26. The number of para-hydroxylation sites is 1. The molecule has 0 spiro atoms. The van der Waals surface area contributed by atoms with Gasteiger partial charge in [0.15, 0.2) is 5.58 Å². The maximum absolute atomic E-state index is 13.0. The van der Waals surface area contributed by atoms with Crippen LogP contribution in [0.1, 0.15) is 23.2 Å². The van der Waals surface area contributed by atoms with Gasteiger partial charge in [0.1, 0.15) is 5.52 Å². The van der Waals surface area contributed by atoms with Crippen LogP contribution in [0, 0.1) is 16.0 Å². The Balaban J connectivity index is 1.42. The number of nitro benzene ring substituents is 1. The molecule has 0 radical (unpaired) electrons. The highest BCUT2D eigenvalue weighted by atomic mass is 16.6. The number of piperidine rings is 3. The molecule has 3 aliphatic rings. The summed E-state index contributed by atoms with van der Waals surface area (Å²) in [7, 11) is 0. The third-order valence-electron chi connectivity index (χ3n) is 5.96. The number of oxazole rings is 1. The first kappa shape index (κ1) is 17.8. The number of carbonyl (C=O) groups is 1. The minimum Gasteiger partial charge on any atom is -0.436 e. The van der Waals surface area contributed by atoms with Gasteiger partial charge in [0, 0.05) is 30.3 Å². The summed E-state index contributed by atoms with van der Waals surface area (Å²) in [6.07, 6.45) is 2.26. The molecule has 1 atom stereocenters.